The molecule has 2 aromatic rings. The van der Waals surface area contributed by atoms with Gasteiger partial charge in [-0.25, -0.2) is 4.98 Å². The fourth-order valence-corrected chi connectivity index (χ4v) is 3.00. The molecule has 0 saturated carbocycles. The maximum atomic E-state index is 5.96. The summed E-state index contributed by atoms with van der Waals surface area (Å²) in [6.45, 7) is 5.37. The predicted octanol–water partition coefficient (Wildman–Crippen LogP) is 2.93. The molecule has 1 aromatic heterocycles. The minimum atomic E-state index is -0.0389. The number of hydrogen-bond donors (Lipinski definition) is 1. The highest BCUT2D eigenvalue weighted by Crippen LogP contribution is 2.26. The van der Waals surface area contributed by atoms with E-state index in [0.717, 1.165) is 28.2 Å². The van der Waals surface area contributed by atoms with Gasteiger partial charge in [0.2, 0.25) is 0 Å². The molecular formula is C18H26N4O2S. The lowest BCUT2D eigenvalue weighted by molar-refractivity contribution is 0.212. The molecule has 1 aromatic carbocycles. The quantitative estimate of drug-likeness (QED) is 0.606. The van der Waals surface area contributed by atoms with Gasteiger partial charge in [-0.05, 0) is 26.0 Å². The van der Waals surface area contributed by atoms with Crippen molar-refractivity contribution in [2.24, 2.45) is 4.99 Å². The van der Waals surface area contributed by atoms with Gasteiger partial charge in [0.05, 0.1) is 30.9 Å². The number of hydrogen-bond acceptors (Lipinski definition) is 5. The number of rotatable bonds is 7. The second kappa shape index (κ2) is 9.27. The van der Waals surface area contributed by atoms with Crippen molar-refractivity contribution in [2.45, 2.75) is 26.5 Å². The van der Waals surface area contributed by atoms with Crippen molar-refractivity contribution in [1.29, 1.82) is 0 Å². The predicted molar refractivity (Wildman–Crippen MR) is 103 cm³/mol. The Bertz CT molecular complexity index is 702. The molecule has 0 bridgehead atoms. The monoisotopic (exact) mass is 362 g/mol. The van der Waals surface area contributed by atoms with Crippen molar-refractivity contribution in [3.05, 3.63) is 40.3 Å². The first-order valence-corrected chi connectivity index (χ1v) is 9.04. The van der Waals surface area contributed by atoms with Gasteiger partial charge in [0.15, 0.2) is 17.5 Å². The van der Waals surface area contributed by atoms with E-state index in [1.54, 1.807) is 25.5 Å². The summed E-state index contributed by atoms with van der Waals surface area (Å²) in [4.78, 5) is 10.9. The van der Waals surface area contributed by atoms with Crippen LogP contribution in [-0.2, 0) is 6.54 Å². The van der Waals surface area contributed by atoms with E-state index in [4.69, 9.17) is 9.47 Å². The molecule has 1 heterocycles. The minimum absolute atomic E-state index is 0.0389. The Morgan fingerprint density at radius 3 is 2.68 bits per heavy atom. The highest BCUT2D eigenvalue weighted by molar-refractivity contribution is 7.09. The summed E-state index contributed by atoms with van der Waals surface area (Å²) in [7, 11) is 5.41. The Kier molecular flexibility index (Phi) is 7.06. The number of thiazole rings is 1. The summed E-state index contributed by atoms with van der Waals surface area (Å²) in [5.74, 6) is 2.27. The largest absolute Gasteiger partial charge is 0.493 e. The maximum Gasteiger partial charge on any atom is 0.193 e. The van der Waals surface area contributed by atoms with Gasteiger partial charge in [0, 0.05) is 19.5 Å². The van der Waals surface area contributed by atoms with Crippen LogP contribution in [0.5, 0.6) is 11.5 Å². The maximum absolute atomic E-state index is 5.96. The summed E-state index contributed by atoms with van der Waals surface area (Å²) in [6, 6.07) is 7.64. The topological polar surface area (TPSA) is 59.0 Å². The molecular weight excluding hydrogens is 336 g/mol. The number of nitrogens with zero attached hydrogens (tertiary/aromatic N) is 3. The first-order chi connectivity index (χ1) is 12.0. The second-order valence-corrected chi connectivity index (χ2v) is 6.78. The van der Waals surface area contributed by atoms with Crippen molar-refractivity contribution in [1.82, 2.24) is 15.2 Å². The summed E-state index contributed by atoms with van der Waals surface area (Å²) in [6.07, 6.45) is -0.0389. The van der Waals surface area contributed by atoms with Gasteiger partial charge in [-0.2, -0.15) is 0 Å². The van der Waals surface area contributed by atoms with Crippen LogP contribution in [-0.4, -0.2) is 49.7 Å². The van der Waals surface area contributed by atoms with Gasteiger partial charge in [-0.1, -0.05) is 12.1 Å². The first kappa shape index (κ1) is 19.1. The Balaban J connectivity index is 1.87. The van der Waals surface area contributed by atoms with Crippen LogP contribution in [0.15, 0.2) is 34.6 Å². The van der Waals surface area contributed by atoms with Crippen LogP contribution in [0.3, 0.4) is 0 Å². The van der Waals surface area contributed by atoms with Gasteiger partial charge in [-0.3, -0.25) is 4.99 Å². The van der Waals surface area contributed by atoms with Crippen LogP contribution in [0.25, 0.3) is 0 Å². The van der Waals surface area contributed by atoms with Crippen molar-refractivity contribution in [2.75, 3.05) is 27.7 Å². The standard InChI is InChI=1S/C18H26N4O2S/c1-13(24-17-9-7-6-8-16(17)23-5)10-20-18(19-3)22(4)11-15-12-25-14(2)21-15/h6-9,12-13H,10-11H2,1-5H3,(H,19,20). The Morgan fingerprint density at radius 2 is 2.08 bits per heavy atom. The average molecular weight is 362 g/mol. The third-order valence-corrected chi connectivity index (χ3v) is 4.41. The number of ether oxygens (including phenoxy) is 2. The Morgan fingerprint density at radius 1 is 1.36 bits per heavy atom. The molecule has 0 saturated heterocycles. The third-order valence-electron chi connectivity index (χ3n) is 3.58. The van der Waals surface area contributed by atoms with E-state index in [9.17, 15) is 0 Å². The number of nitrogens with one attached hydrogen (secondary N) is 1. The zero-order valence-corrected chi connectivity index (χ0v) is 16.3. The SMILES string of the molecule is CN=C(NCC(C)Oc1ccccc1OC)N(C)Cc1csc(C)n1. The van der Waals surface area contributed by atoms with Crippen LogP contribution in [0.1, 0.15) is 17.6 Å². The van der Waals surface area contributed by atoms with Gasteiger partial charge >= 0.3 is 0 Å². The number of aromatic nitrogens is 1. The summed E-state index contributed by atoms with van der Waals surface area (Å²) < 4.78 is 11.3. The van der Waals surface area contributed by atoms with Gasteiger partial charge in [0.25, 0.3) is 0 Å². The molecule has 0 spiro atoms. The van der Waals surface area contributed by atoms with Gasteiger partial charge in [-0.15, -0.1) is 11.3 Å². The Labute approximate surface area is 153 Å². The Hall–Kier alpha value is -2.28. The number of methoxy groups -OCH3 is 1. The van der Waals surface area contributed by atoms with E-state index >= 15 is 0 Å². The lowest BCUT2D eigenvalue weighted by atomic mass is 10.3. The van der Waals surface area contributed by atoms with E-state index in [-0.39, 0.29) is 6.10 Å². The molecule has 6 nitrogen and oxygen atoms in total. The fourth-order valence-electron chi connectivity index (χ4n) is 2.39. The lowest BCUT2D eigenvalue weighted by Crippen LogP contribution is -2.42. The molecule has 0 aliphatic heterocycles. The first-order valence-electron chi connectivity index (χ1n) is 8.16. The van der Waals surface area contributed by atoms with Gasteiger partial charge in [0.1, 0.15) is 6.10 Å². The van der Waals surface area contributed by atoms with E-state index in [0.29, 0.717) is 13.1 Å². The smallest absolute Gasteiger partial charge is 0.193 e. The average Bonchev–Trinajstić information content (AvgIpc) is 3.00. The van der Waals surface area contributed by atoms with Crippen molar-refractivity contribution in [3.63, 3.8) is 0 Å². The molecule has 1 N–H and O–H groups in total. The number of benzene rings is 1. The number of aryl methyl sites for hydroxylation is 1. The molecule has 1 atom stereocenters. The van der Waals surface area contributed by atoms with Crippen molar-refractivity contribution >= 4 is 17.3 Å². The minimum Gasteiger partial charge on any atom is -0.493 e. The highest BCUT2D eigenvalue weighted by atomic mass is 32.1. The zero-order chi connectivity index (χ0) is 18.2. The molecule has 25 heavy (non-hydrogen) atoms. The fraction of sp³-hybridized carbons (Fsp3) is 0.444. The summed E-state index contributed by atoms with van der Waals surface area (Å²) >= 11 is 1.66. The molecule has 0 fully saturated rings. The summed E-state index contributed by atoms with van der Waals surface area (Å²) in [5, 5.41) is 6.49. The highest BCUT2D eigenvalue weighted by Gasteiger charge is 2.12. The normalized spacial score (nSPS) is 12.6. The van der Waals surface area contributed by atoms with Crippen molar-refractivity contribution in [3.8, 4) is 11.5 Å². The number of para-hydroxylation sites is 2. The van der Waals surface area contributed by atoms with Crippen molar-refractivity contribution < 1.29 is 9.47 Å². The zero-order valence-electron chi connectivity index (χ0n) is 15.4. The van der Waals surface area contributed by atoms with E-state index in [2.05, 4.69) is 20.7 Å². The number of guanidine groups is 1. The van der Waals surface area contributed by atoms with Crippen LogP contribution >= 0.6 is 11.3 Å². The van der Waals surface area contributed by atoms with Crippen LogP contribution < -0.4 is 14.8 Å². The molecule has 1 unspecified atom stereocenters. The summed E-state index contributed by atoms with van der Waals surface area (Å²) in [5.41, 5.74) is 1.05. The van der Waals surface area contributed by atoms with E-state index in [1.807, 2.05) is 50.1 Å². The molecule has 0 radical (unpaired) electrons. The molecule has 7 heteroatoms. The lowest BCUT2D eigenvalue weighted by Gasteiger charge is -2.23. The molecule has 0 aliphatic rings. The van der Waals surface area contributed by atoms with Crippen LogP contribution in [0.2, 0.25) is 0 Å². The molecule has 0 aliphatic carbocycles. The third kappa shape index (κ3) is 5.63. The van der Waals surface area contributed by atoms with E-state index < -0.39 is 0 Å². The number of aliphatic imine (C=N–C) groups is 1. The molecule has 0 amide bonds. The van der Waals surface area contributed by atoms with E-state index in [1.165, 1.54) is 0 Å². The second-order valence-electron chi connectivity index (χ2n) is 5.72. The van der Waals surface area contributed by atoms with Crippen LogP contribution in [0.4, 0.5) is 0 Å². The van der Waals surface area contributed by atoms with Crippen LogP contribution in [0, 0.1) is 6.92 Å². The van der Waals surface area contributed by atoms with Gasteiger partial charge < -0.3 is 19.7 Å². The molecule has 2 rings (SSSR count). The molecule has 136 valence electrons.